The second-order valence-corrected chi connectivity index (χ2v) is 6.69. The molecule has 0 aliphatic heterocycles. The largest absolute Gasteiger partial charge is 0.270 e. The van der Waals surface area contributed by atoms with Crippen LogP contribution in [-0.2, 0) is 12.5 Å². The molecule has 0 bridgehead atoms. The number of benzene rings is 1. The lowest BCUT2D eigenvalue weighted by Crippen LogP contribution is -2.16. The van der Waals surface area contributed by atoms with Crippen LogP contribution < -0.4 is 0 Å². The highest BCUT2D eigenvalue weighted by atomic mass is 79.9. The van der Waals surface area contributed by atoms with E-state index in [1.165, 1.54) is 0 Å². The van der Waals surface area contributed by atoms with E-state index in [1.54, 1.807) is 0 Å². The van der Waals surface area contributed by atoms with E-state index < -0.39 is 0 Å². The summed E-state index contributed by atoms with van der Waals surface area (Å²) in [6, 6.07) is 8.03. The third-order valence-corrected chi connectivity index (χ3v) is 3.70. The number of aromatic nitrogens is 2. The first-order valence-electron chi connectivity index (χ1n) is 5.79. The molecule has 0 unspecified atom stereocenters. The van der Waals surface area contributed by atoms with Crippen LogP contribution in [0, 0.1) is 0 Å². The van der Waals surface area contributed by atoms with Gasteiger partial charge in [0.2, 0.25) is 0 Å². The Morgan fingerprint density at radius 2 is 1.72 bits per heavy atom. The minimum absolute atomic E-state index is 0.0214. The lowest BCUT2D eigenvalue weighted by atomic mass is 9.91. The van der Waals surface area contributed by atoms with Crippen LogP contribution in [0.15, 0.2) is 28.7 Å². The normalized spacial score (nSPS) is 11.9. The molecule has 2 nitrogen and oxygen atoms in total. The van der Waals surface area contributed by atoms with Gasteiger partial charge in [0.25, 0.3) is 0 Å². The Kier molecular flexibility index (Phi) is 3.56. The van der Waals surface area contributed by atoms with Gasteiger partial charge in [-0.1, -0.05) is 60.4 Å². The van der Waals surface area contributed by atoms with Crippen LogP contribution in [0.5, 0.6) is 0 Å². The zero-order valence-corrected chi connectivity index (χ0v) is 13.3. The quantitative estimate of drug-likeness (QED) is 0.735. The maximum atomic E-state index is 6.49. The highest BCUT2D eigenvalue weighted by Gasteiger charge is 2.25. The van der Waals surface area contributed by atoms with Crippen molar-refractivity contribution >= 4 is 27.5 Å². The topological polar surface area (TPSA) is 17.8 Å². The van der Waals surface area contributed by atoms with Crippen molar-refractivity contribution in [1.82, 2.24) is 9.78 Å². The molecule has 0 aliphatic carbocycles. The molecule has 0 saturated heterocycles. The Hall–Kier alpha value is -0.800. The third kappa shape index (κ3) is 2.47. The molecular formula is C14H16BrClN2. The van der Waals surface area contributed by atoms with Gasteiger partial charge in [-0.15, -0.1) is 0 Å². The molecule has 0 radical (unpaired) electrons. The van der Waals surface area contributed by atoms with Gasteiger partial charge in [-0.25, -0.2) is 0 Å². The van der Waals surface area contributed by atoms with Gasteiger partial charge >= 0.3 is 0 Å². The molecule has 18 heavy (non-hydrogen) atoms. The van der Waals surface area contributed by atoms with Crippen molar-refractivity contribution in [2.45, 2.75) is 26.2 Å². The Bertz CT molecular complexity index is 565. The first kappa shape index (κ1) is 13.6. The summed E-state index contributed by atoms with van der Waals surface area (Å²) >= 11 is 9.92. The molecule has 2 rings (SSSR count). The monoisotopic (exact) mass is 326 g/mol. The average Bonchev–Trinajstić information content (AvgIpc) is 2.54. The minimum Gasteiger partial charge on any atom is -0.270 e. The minimum atomic E-state index is -0.0214. The average molecular weight is 328 g/mol. The van der Waals surface area contributed by atoms with Crippen molar-refractivity contribution in [2.75, 3.05) is 0 Å². The fraction of sp³-hybridized carbons (Fsp3) is 0.357. The first-order chi connectivity index (χ1) is 8.30. The SMILES string of the molecule is Cn1nc(-c2ccc(Br)cc2)c(Cl)c1C(C)(C)C. The zero-order chi connectivity index (χ0) is 13.5. The summed E-state index contributed by atoms with van der Waals surface area (Å²) in [6.07, 6.45) is 0. The fourth-order valence-electron chi connectivity index (χ4n) is 2.10. The first-order valence-corrected chi connectivity index (χ1v) is 6.96. The van der Waals surface area contributed by atoms with Gasteiger partial charge in [0, 0.05) is 22.5 Å². The highest BCUT2D eigenvalue weighted by molar-refractivity contribution is 9.10. The van der Waals surface area contributed by atoms with E-state index in [4.69, 9.17) is 11.6 Å². The molecule has 96 valence electrons. The Morgan fingerprint density at radius 3 is 2.17 bits per heavy atom. The van der Waals surface area contributed by atoms with Crippen molar-refractivity contribution in [1.29, 1.82) is 0 Å². The van der Waals surface area contributed by atoms with Crippen LogP contribution >= 0.6 is 27.5 Å². The maximum absolute atomic E-state index is 6.49. The van der Waals surface area contributed by atoms with Crippen LogP contribution in [0.25, 0.3) is 11.3 Å². The second-order valence-electron chi connectivity index (χ2n) is 5.39. The molecule has 1 aromatic carbocycles. The van der Waals surface area contributed by atoms with Gasteiger partial charge in [-0.05, 0) is 12.1 Å². The van der Waals surface area contributed by atoms with E-state index in [0.29, 0.717) is 0 Å². The van der Waals surface area contributed by atoms with Crippen molar-refractivity contribution in [3.8, 4) is 11.3 Å². The van der Waals surface area contributed by atoms with Gasteiger partial charge in [0.1, 0.15) is 5.69 Å². The molecule has 4 heteroatoms. The van der Waals surface area contributed by atoms with E-state index >= 15 is 0 Å². The molecular weight excluding hydrogens is 312 g/mol. The molecule has 1 aromatic heterocycles. The molecule has 0 fully saturated rings. The summed E-state index contributed by atoms with van der Waals surface area (Å²) in [5.41, 5.74) is 2.92. The number of nitrogens with zero attached hydrogens (tertiary/aromatic N) is 2. The number of hydrogen-bond donors (Lipinski definition) is 0. The van der Waals surface area contributed by atoms with Crippen LogP contribution in [0.4, 0.5) is 0 Å². The molecule has 0 saturated carbocycles. The van der Waals surface area contributed by atoms with Crippen molar-refractivity contribution in [3.05, 3.63) is 39.5 Å². The predicted octanol–water partition coefficient (Wildman–Crippen LogP) is 4.80. The van der Waals surface area contributed by atoms with Crippen molar-refractivity contribution < 1.29 is 0 Å². The molecule has 0 spiro atoms. The smallest absolute Gasteiger partial charge is 0.111 e. The summed E-state index contributed by atoms with van der Waals surface area (Å²) in [4.78, 5) is 0. The lowest BCUT2D eigenvalue weighted by Gasteiger charge is -2.19. The molecule has 0 atom stereocenters. The van der Waals surface area contributed by atoms with Gasteiger partial charge in [0.15, 0.2) is 0 Å². The van der Waals surface area contributed by atoms with Crippen LogP contribution in [-0.4, -0.2) is 9.78 Å². The number of halogens is 2. The molecule has 2 aromatic rings. The van der Waals surface area contributed by atoms with Crippen molar-refractivity contribution in [3.63, 3.8) is 0 Å². The summed E-state index contributed by atoms with van der Waals surface area (Å²) < 4.78 is 2.93. The van der Waals surface area contributed by atoms with Crippen LogP contribution in [0.2, 0.25) is 5.02 Å². The standard InChI is InChI=1S/C14H16BrClN2/c1-14(2,3)13-11(16)12(17-18(13)4)9-5-7-10(15)8-6-9/h5-8H,1-4H3. The fourth-order valence-corrected chi connectivity index (χ4v) is 2.92. The molecule has 0 aliphatic rings. The zero-order valence-electron chi connectivity index (χ0n) is 11.0. The summed E-state index contributed by atoms with van der Waals surface area (Å²) in [6.45, 7) is 6.42. The maximum Gasteiger partial charge on any atom is 0.111 e. The van der Waals surface area contributed by atoms with Gasteiger partial charge in [-0.3, -0.25) is 4.68 Å². The van der Waals surface area contributed by atoms with Gasteiger partial charge in [0.05, 0.1) is 10.7 Å². The molecule has 1 heterocycles. The molecule has 0 amide bonds. The second kappa shape index (κ2) is 4.71. The third-order valence-electron chi connectivity index (χ3n) is 2.82. The van der Waals surface area contributed by atoms with E-state index in [2.05, 4.69) is 41.8 Å². The lowest BCUT2D eigenvalue weighted by molar-refractivity contribution is 0.523. The summed E-state index contributed by atoms with van der Waals surface area (Å²) in [7, 11) is 1.94. The van der Waals surface area contributed by atoms with Gasteiger partial charge in [-0.2, -0.15) is 5.10 Å². The van der Waals surface area contributed by atoms with E-state index in [1.807, 2.05) is 36.0 Å². The van der Waals surface area contributed by atoms with Crippen LogP contribution in [0.1, 0.15) is 26.5 Å². The summed E-state index contributed by atoms with van der Waals surface area (Å²) in [5.74, 6) is 0. The number of aryl methyl sites for hydroxylation is 1. The van der Waals surface area contributed by atoms with E-state index in [9.17, 15) is 0 Å². The summed E-state index contributed by atoms with van der Waals surface area (Å²) in [5, 5.41) is 5.29. The van der Waals surface area contributed by atoms with E-state index in [0.717, 1.165) is 26.4 Å². The number of hydrogen-bond acceptors (Lipinski definition) is 1. The molecule has 0 N–H and O–H groups in total. The van der Waals surface area contributed by atoms with Crippen LogP contribution in [0.3, 0.4) is 0 Å². The Morgan fingerprint density at radius 1 is 1.17 bits per heavy atom. The Labute approximate surface area is 121 Å². The van der Waals surface area contributed by atoms with E-state index in [-0.39, 0.29) is 5.41 Å². The highest BCUT2D eigenvalue weighted by Crippen LogP contribution is 2.36. The van der Waals surface area contributed by atoms with Crippen molar-refractivity contribution in [2.24, 2.45) is 7.05 Å². The Balaban J connectivity index is 2.57. The van der Waals surface area contributed by atoms with Gasteiger partial charge < -0.3 is 0 Å². The number of rotatable bonds is 1. The predicted molar refractivity (Wildman–Crippen MR) is 80.1 cm³/mol.